The monoisotopic (exact) mass is 608 g/mol. The average Bonchev–Trinajstić information content (AvgIpc) is 3.14. The van der Waals surface area contributed by atoms with Gasteiger partial charge in [-0.2, -0.15) is 0 Å². The van der Waals surface area contributed by atoms with E-state index >= 15 is 0 Å². The Morgan fingerprint density at radius 2 is 1.74 bits per heavy atom. The Balaban J connectivity index is 1.48. The molecule has 0 saturated carbocycles. The summed E-state index contributed by atoms with van der Waals surface area (Å²) >= 11 is 19.2. The van der Waals surface area contributed by atoms with Crippen LogP contribution in [0.1, 0.15) is 18.1 Å². The standard InChI is InChI=1S/C27H20Cl3FN2O5S/c1-2-37-22-11-16(10-21(30)25(22)38-14-15-3-8-19(28)20(29)9-15)12-23-26(35)33(27(36)39-23)13-24(34)32-18-6-4-17(31)5-7-18/h3-12H,2,13-14H2,1H3,(H,32,34)/b23-12-. The molecule has 202 valence electrons. The molecule has 0 aliphatic carbocycles. The zero-order chi connectivity index (χ0) is 28.1. The molecule has 1 aliphatic rings. The number of hydrogen-bond acceptors (Lipinski definition) is 6. The molecule has 1 aliphatic heterocycles. The van der Waals surface area contributed by atoms with Crippen LogP contribution in [0.2, 0.25) is 15.1 Å². The summed E-state index contributed by atoms with van der Waals surface area (Å²) in [6.45, 7) is 1.77. The third kappa shape index (κ3) is 7.24. The highest BCUT2D eigenvalue weighted by Gasteiger charge is 2.36. The summed E-state index contributed by atoms with van der Waals surface area (Å²) in [4.78, 5) is 38.7. The van der Waals surface area contributed by atoms with Crippen LogP contribution in [0.5, 0.6) is 11.5 Å². The molecule has 0 atom stereocenters. The molecule has 0 aromatic heterocycles. The van der Waals surface area contributed by atoms with E-state index in [4.69, 9.17) is 44.3 Å². The van der Waals surface area contributed by atoms with Crippen LogP contribution >= 0.6 is 46.6 Å². The molecule has 3 aromatic carbocycles. The quantitative estimate of drug-likeness (QED) is 0.254. The predicted molar refractivity (Wildman–Crippen MR) is 151 cm³/mol. The first-order chi connectivity index (χ1) is 18.6. The second-order valence-corrected chi connectivity index (χ2v) is 10.3. The van der Waals surface area contributed by atoms with Crippen molar-refractivity contribution in [3.63, 3.8) is 0 Å². The third-order valence-corrected chi connectivity index (χ3v) is 7.23. The van der Waals surface area contributed by atoms with Gasteiger partial charge in [0.25, 0.3) is 11.1 Å². The third-order valence-electron chi connectivity index (χ3n) is 5.30. The molecular formula is C27H20Cl3FN2O5S. The Morgan fingerprint density at radius 1 is 1.00 bits per heavy atom. The number of hydrogen-bond donors (Lipinski definition) is 1. The van der Waals surface area contributed by atoms with Crippen LogP contribution in [-0.2, 0) is 16.2 Å². The molecule has 0 spiro atoms. The summed E-state index contributed by atoms with van der Waals surface area (Å²) < 4.78 is 24.7. The predicted octanol–water partition coefficient (Wildman–Crippen LogP) is 7.44. The zero-order valence-corrected chi connectivity index (χ0v) is 23.4. The van der Waals surface area contributed by atoms with Crippen molar-refractivity contribution in [3.8, 4) is 11.5 Å². The highest BCUT2D eigenvalue weighted by molar-refractivity contribution is 8.18. The van der Waals surface area contributed by atoms with E-state index in [9.17, 15) is 18.8 Å². The van der Waals surface area contributed by atoms with Crippen molar-refractivity contribution in [2.24, 2.45) is 0 Å². The summed E-state index contributed by atoms with van der Waals surface area (Å²) in [6, 6.07) is 13.4. The van der Waals surface area contributed by atoms with Gasteiger partial charge in [-0.15, -0.1) is 0 Å². The smallest absolute Gasteiger partial charge is 0.294 e. The van der Waals surface area contributed by atoms with Crippen LogP contribution in [-0.4, -0.2) is 35.1 Å². The second-order valence-electron chi connectivity index (χ2n) is 8.12. The summed E-state index contributed by atoms with van der Waals surface area (Å²) in [6.07, 6.45) is 1.49. The highest BCUT2D eigenvalue weighted by Crippen LogP contribution is 2.39. The second kappa shape index (κ2) is 12.7. The fourth-order valence-corrected chi connectivity index (χ4v) is 4.96. The molecule has 0 bridgehead atoms. The van der Waals surface area contributed by atoms with Crippen molar-refractivity contribution in [3.05, 3.63) is 91.5 Å². The minimum Gasteiger partial charge on any atom is -0.490 e. The number of amides is 3. The molecule has 3 aromatic rings. The lowest BCUT2D eigenvalue weighted by Crippen LogP contribution is -2.36. The minimum atomic E-state index is -0.631. The lowest BCUT2D eigenvalue weighted by atomic mass is 10.1. The lowest BCUT2D eigenvalue weighted by molar-refractivity contribution is -0.127. The minimum absolute atomic E-state index is 0.109. The number of thioether (sulfide) groups is 1. The number of carbonyl (C=O) groups excluding carboxylic acids is 3. The fourth-order valence-electron chi connectivity index (χ4n) is 3.52. The van der Waals surface area contributed by atoms with Gasteiger partial charge in [-0.05, 0) is 84.4 Å². The molecule has 1 saturated heterocycles. The van der Waals surface area contributed by atoms with Crippen LogP contribution in [0.3, 0.4) is 0 Å². The van der Waals surface area contributed by atoms with E-state index in [1.54, 1.807) is 37.3 Å². The summed E-state index contributed by atoms with van der Waals surface area (Å²) in [5.41, 5.74) is 1.60. The topological polar surface area (TPSA) is 84.9 Å². The number of halogens is 4. The average molecular weight is 610 g/mol. The molecule has 4 rings (SSSR count). The van der Waals surface area contributed by atoms with Gasteiger partial charge < -0.3 is 14.8 Å². The maximum atomic E-state index is 13.1. The van der Waals surface area contributed by atoms with Gasteiger partial charge in [-0.3, -0.25) is 19.3 Å². The lowest BCUT2D eigenvalue weighted by Gasteiger charge is -2.15. The first-order valence-electron chi connectivity index (χ1n) is 11.5. The molecule has 1 fully saturated rings. The Bertz CT molecular complexity index is 1470. The van der Waals surface area contributed by atoms with Crippen LogP contribution < -0.4 is 14.8 Å². The largest absolute Gasteiger partial charge is 0.490 e. The normalized spacial score (nSPS) is 14.2. The van der Waals surface area contributed by atoms with Gasteiger partial charge in [0.05, 0.1) is 26.6 Å². The number of nitrogens with zero attached hydrogens (tertiary/aromatic N) is 1. The first-order valence-corrected chi connectivity index (χ1v) is 13.4. The number of rotatable bonds is 9. The van der Waals surface area contributed by atoms with Crippen molar-refractivity contribution in [1.82, 2.24) is 4.90 Å². The van der Waals surface area contributed by atoms with Gasteiger partial charge in [-0.1, -0.05) is 40.9 Å². The van der Waals surface area contributed by atoms with E-state index in [0.717, 1.165) is 10.5 Å². The first kappa shape index (κ1) is 28.8. The Hall–Kier alpha value is -3.24. The van der Waals surface area contributed by atoms with Gasteiger partial charge in [0.15, 0.2) is 11.5 Å². The number of carbonyl (C=O) groups is 3. The molecule has 12 heteroatoms. The van der Waals surface area contributed by atoms with Crippen LogP contribution in [0.15, 0.2) is 59.5 Å². The van der Waals surface area contributed by atoms with E-state index in [2.05, 4.69) is 5.32 Å². The Labute approximate surface area is 242 Å². The number of benzene rings is 3. The maximum absolute atomic E-state index is 13.1. The Morgan fingerprint density at radius 3 is 2.44 bits per heavy atom. The maximum Gasteiger partial charge on any atom is 0.294 e. The van der Waals surface area contributed by atoms with Gasteiger partial charge in [0.1, 0.15) is 19.0 Å². The summed E-state index contributed by atoms with van der Waals surface area (Å²) in [5.74, 6) is -1.05. The summed E-state index contributed by atoms with van der Waals surface area (Å²) in [5, 5.41) is 2.97. The van der Waals surface area contributed by atoms with Gasteiger partial charge in [0.2, 0.25) is 5.91 Å². The molecule has 0 radical (unpaired) electrons. The number of imide groups is 1. The fraction of sp³-hybridized carbons (Fsp3) is 0.148. The van der Waals surface area contributed by atoms with Crippen molar-refractivity contribution in [1.29, 1.82) is 0 Å². The van der Waals surface area contributed by atoms with Crippen LogP contribution in [0, 0.1) is 5.82 Å². The van der Waals surface area contributed by atoms with E-state index < -0.39 is 29.4 Å². The SMILES string of the molecule is CCOc1cc(/C=C2\SC(=O)N(CC(=O)Nc3ccc(F)cc3)C2=O)cc(Cl)c1OCc1ccc(Cl)c(Cl)c1. The number of anilines is 1. The molecule has 1 heterocycles. The molecule has 0 unspecified atom stereocenters. The molecule has 1 N–H and O–H groups in total. The number of ether oxygens (including phenoxy) is 2. The van der Waals surface area contributed by atoms with E-state index in [0.29, 0.717) is 51.2 Å². The van der Waals surface area contributed by atoms with Crippen LogP contribution in [0.25, 0.3) is 6.08 Å². The molecule has 3 amide bonds. The van der Waals surface area contributed by atoms with Gasteiger partial charge in [0, 0.05) is 5.69 Å². The van der Waals surface area contributed by atoms with Crippen LogP contribution in [0.4, 0.5) is 14.9 Å². The highest BCUT2D eigenvalue weighted by atomic mass is 35.5. The molecule has 7 nitrogen and oxygen atoms in total. The van der Waals surface area contributed by atoms with Crippen molar-refractivity contribution in [2.45, 2.75) is 13.5 Å². The van der Waals surface area contributed by atoms with Crippen molar-refractivity contribution in [2.75, 3.05) is 18.5 Å². The van der Waals surface area contributed by atoms with Crippen molar-refractivity contribution >= 4 is 75.4 Å². The van der Waals surface area contributed by atoms with E-state index in [1.807, 2.05) is 0 Å². The van der Waals surface area contributed by atoms with E-state index in [1.165, 1.54) is 30.3 Å². The number of nitrogens with one attached hydrogen (secondary N) is 1. The summed E-state index contributed by atoms with van der Waals surface area (Å²) in [7, 11) is 0. The van der Waals surface area contributed by atoms with Gasteiger partial charge >= 0.3 is 0 Å². The van der Waals surface area contributed by atoms with Crippen molar-refractivity contribution < 1.29 is 28.2 Å². The molecule has 39 heavy (non-hydrogen) atoms. The van der Waals surface area contributed by atoms with E-state index in [-0.39, 0.29) is 16.5 Å². The van der Waals surface area contributed by atoms with Gasteiger partial charge in [-0.25, -0.2) is 4.39 Å². The molecular weight excluding hydrogens is 590 g/mol. The zero-order valence-electron chi connectivity index (χ0n) is 20.3. The Kier molecular flexibility index (Phi) is 9.40.